The molecule has 3 heterocycles. The van der Waals surface area contributed by atoms with Crippen LogP contribution in [0.3, 0.4) is 0 Å². The van der Waals surface area contributed by atoms with E-state index in [2.05, 4.69) is 15.1 Å². The van der Waals surface area contributed by atoms with Gasteiger partial charge in [-0.3, -0.25) is 4.90 Å². The zero-order valence-electron chi connectivity index (χ0n) is 11.7. The van der Waals surface area contributed by atoms with E-state index in [1.807, 2.05) is 0 Å². The van der Waals surface area contributed by atoms with E-state index < -0.39 is 0 Å². The summed E-state index contributed by atoms with van der Waals surface area (Å²) in [6, 6.07) is 0.860. The van der Waals surface area contributed by atoms with E-state index in [1.54, 1.807) is 0 Å². The van der Waals surface area contributed by atoms with Crippen LogP contribution in [-0.4, -0.2) is 54.7 Å². The summed E-state index contributed by atoms with van der Waals surface area (Å²) in [4.78, 5) is 5.49. The molecule has 3 heteroatoms. The van der Waals surface area contributed by atoms with Crippen LogP contribution in [0.5, 0.6) is 0 Å². The van der Waals surface area contributed by atoms with E-state index in [0.717, 1.165) is 6.04 Å². The van der Waals surface area contributed by atoms with Crippen LogP contribution in [0.25, 0.3) is 0 Å². The molecule has 1 N–H and O–H groups in total. The number of hydrogen-bond acceptors (Lipinski definition) is 3. The second-order valence-electron chi connectivity index (χ2n) is 6.34. The fraction of sp³-hybridized carbons (Fsp3) is 1.00. The van der Waals surface area contributed by atoms with Crippen LogP contribution in [0.2, 0.25) is 0 Å². The Balaban J connectivity index is 1.53. The molecule has 0 saturated carbocycles. The zero-order valence-corrected chi connectivity index (χ0v) is 11.7. The van der Waals surface area contributed by atoms with Crippen LogP contribution in [-0.2, 0) is 0 Å². The molecule has 3 aliphatic heterocycles. The molecule has 18 heavy (non-hydrogen) atoms. The molecule has 2 atom stereocenters. The number of rotatable bonds is 2. The molecule has 3 nitrogen and oxygen atoms in total. The van der Waals surface area contributed by atoms with Gasteiger partial charge in [-0.1, -0.05) is 12.8 Å². The molecule has 3 fully saturated rings. The molecule has 3 rings (SSSR count). The van der Waals surface area contributed by atoms with Crippen LogP contribution in [0.15, 0.2) is 0 Å². The van der Waals surface area contributed by atoms with Crippen LogP contribution in [0.4, 0.5) is 0 Å². The molecule has 0 aromatic heterocycles. The lowest BCUT2D eigenvalue weighted by atomic mass is 9.97. The Morgan fingerprint density at radius 2 is 1.33 bits per heavy atom. The van der Waals surface area contributed by atoms with Gasteiger partial charge >= 0.3 is 0 Å². The first-order valence-electron chi connectivity index (χ1n) is 8.15. The SMILES string of the molecule is C1CCN(C2CCNC(N3CCCCC3)C2)CC1. The van der Waals surface area contributed by atoms with Gasteiger partial charge in [0.05, 0.1) is 6.17 Å². The fourth-order valence-corrected chi connectivity index (χ4v) is 4.00. The van der Waals surface area contributed by atoms with Crippen molar-refractivity contribution in [2.24, 2.45) is 0 Å². The van der Waals surface area contributed by atoms with Gasteiger partial charge in [-0.05, 0) is 71.2 Å². The maximum atomic E-state index is 3.76. The van der Waals surface area contributed by atoms with Crippen LogP contribution < -0.4 is 5.32 Å². The number of hydrogen-bond donors (Lipinski definition) is 1. The van der Waals surface area contributed by atoms with E-state index in [9.17, 15) is 0 Å². The van der Waals surface area contributed by atoms with Gasteiger partial charge in [-0.25, -0.2) is 0 Å². The van der Waals surface area contributed by atoms with E-state index in [0.29, 0.717) is 6.17 Å². The minimum atomic E-state index is 0.672. The van der Waals surface area contributed by atoms with E-state index in [4.69, 9.17) is 0 Å². The van der Waals surface area contributed by atoms with E-state index >= 15 is 0 Å². The van der Waals surface area contributed by atoms with Crippen molar-refractivity contribution in [3.63, 3.8) is 0 Å². The summed E-state index contributed by atoms with van der Waals surface area (Å²) in [5, 5.41) is 3.76. The molecule has 0 bridgehead atoms. The van der Waals surface area contributed by atoms with Crippen molar-refractivity contribution >= 4 is 0 Å². The molecule has 0 aliphatic carbocycles. The maximum Gasteiger partial charge on any atom is 0.0612 e. The third kappa shape index (κ3) is 3.06. The number of nitrogens with one attached hydrogen (secondary N) is 1. The minimum Gasteiger partial charge on any atom is -0.302 e. The predicted molar refractivity (Wildman–Crippen MR) is 75.7 cm³/mol. The molecule has 0 aromatic carbocycles. The Hall–Kier alpha value is -0.120. The Labute approximate surface area is 112 Å². The lowest BCUT2D eigenvalue weighted by Gasteiger charge is -2.44. The second-order valence-corrected chi connectivity index (χ2v) is 6.34. The largest absolute Gasteiger partial charge is 0.302 e. The van der Waals surface area contributed by atoms with Crippen molar-refractivity contribution < 1.29 is 0 Å². The highest BCUT2D eigenvalue weighted by Crippen LogP contribution is 2.23. The lowest BCUT2D eigenvalue weighted by Crippen LogP contribution is -2.56. The van der Waals surface area contributed by atoms with Gasteiger partial charge in [0.1, 0.15) is 0 Å². The number of piperidine rings is 3. The summed E-state index contributed by atoms with van der Waals surface area (Å²) >= 11 is 0. The molecule has 3 saturated heterocycles. The van der Waals surface area contributed by atoms with Gasteiger partial charge in [-0.2, -0.15) is 0 Å². The number of likely N-dealkylation sites (tertiary alicyclic amines) is 2. The molecule has 0 aromatic rings. The summed E-state index contributed by atoms with van der Waals surface area (Å²) in [6.07, 6.45) is 12.0. The van der Waals surface area contributed by atoms with Crippen molar-refractivity contribution in [2.45, 2.75) is 63.6 Å². The normalized spacial score (nSPS) is 36.7. The fourth-order valence-electron chi connectivity index (χ4n) is 4.00. The van der Waals surface area contributed by atoms with Crippen LogP contribution in [0, 0.1) is 0 Å². The lowest BCUT2D eigenvalue weighted by molar-refractivity contribution is 0.0542. The zero-order chi connectivity index (χ0) is 12.2. The maximum absolute atomic E-state index is 3.76. The minimum absolute atomic E-state index is 0.672. The Kier molecular flexibility index (Phi) is 4.55. The van der Waals surface area contributed by atoms with Crippen molar-refractivity contribution in [1.29, 1.82) is 0 Å². The molecule has 0 spiro atoms. The Morgan fingerprint density at radius 1 is 0.722 bits per heavy atom. The van der Waals surface area contributed by atoms with E-state index in [-0.39, 0.29) is 0 Å². The second kappa shape index (κ2) is 6.36. The van der Waals surface area contributed by atoms with Crippen molar-refractivity contribution in [1.82, 2.24) is 15.1 Å². The summed E-state index contributed by atoms with van der Waals surface area (Å²) in [5.41, 5.74) is 0. The molecular weight excluding hydrogens is 222 g/mol. The third-order valence-corrected chi connectivity index (χ3v) is 5.09. The summed E-state index contributed by atoms with van der Waals surface area (Å²) in [6.45, 7) is 6.59. The Bertz CT molecular complexity index is 220. The van der Waals surface area contributed by atoms with Crippen molar-refractivity contribution in [3.05, 3.63) is 0 Å². The molecule has 104 valence electrons. The quantitative estimate of drug-likeness (QED) is 0.810. The standard InChI is InChI=1S/C15H29N3/c1-3-9-17(10-4-1)14-7-8-16-15(13-14)18-11-5-2-6-12-18/h14-16H,1-13H2. The van der Waals surface area contributed by atoms with Gasteiger partial charge in [0, 0.05) is 6.04 Å². The first-order chi connectivity index (χ1) is 8.93. The molecule has 0 radical (unpaired) electrons. The van der Waals surface area contributed by atoms with Gasteiger partial charge < -0.3 is 10.2 Å². The van der Waals surface area contributed by atoms with Crippen molar-refractivity contribution in [2.75, 3.05) is 32.7 Å². The smallest absolute Gasteiger partial charge is 0.0612 e. The highest BCUT2D eigenvalue weighted by molar-refractivity contribution is 4.86. The van der Waals surface area contributed by atoms with Gasteiger partial charge in [-0.15, -0.1) is 0 Å². The van der Waals surface area contributed by atoms with Gasteiger partial charge in [0.2, 0.25) is 0 Å². The van der Waals surface area contributed by atoms with Gasteiger partial charge in [0.25, 0.3) is 0 Å². The Morgan fingerprint density at radius 3 is 2.00 bits per heavy atom. The predicted octanol–water partition coefficient (Wildman–Crippen LogP) is 2.04. The summed E-state index contributed by atoms with van der Waals surface area (Å²) in [7, 11) is 0. The monoisotopic (exact) mass is 251 g/mol. The highest BCUT2D eigenvalue weighted by Gasteiger charge is 2.30. The van der Waals surface area contributed by atoms with Crippen LogP contribution >= 0.6 is 0 Å². The molecule has 0 amide bonds. The summed E-state index contributed by atoms with van der Waals surface area (Å²) < 4.78 is 0. The first-order valence-corrected chi connectivity index (χ1v) is 8.15. The van der Waals surface area contributed by atoms with Crippen LogP contribution in [0.1, 0.15) is 51.4 Å². The first kappa shape index (κ1) is 12.9. The molecular formula is C15H29N3. The molecule has 2 unspecified atom stereocenters. The highest BCUT2D eigenvalue weighted by atomic mass is 15.3. The van der Waals surface area contributed by atoms with E-state index in [1.165, 1.54) is 84.1 Å². The van der Waals surface area contributed by atoms with Crippen molar-refractivity contribution in [3.8, 4) is 0 Å². The average molecular weight is 251 g/mol. The third-order valence-electron chi connectivity index (χ3n) is 5.09. The summed E-state index contributed by atoms with van der Waals surface area (Å²) in [5.74, 6) is 0. The number of nitrogens with zero attached hydrogens (tertiary/aromatic N) is 2. The van der Waals surface area contributed by atoms with Gasteiger partial charge in [0.15, 0.2) is 0 Å². The average Bonchev–Trinajstić information content (AvgIpc) is 2.49. The topological polar surface area (TPSA) is 18.5 Å². The molecule has 3 aliphatic rings.